The number of hydrogen-bond acceptors (Lipinski definition) is 7. The highest BCUT2D eigenvalue weighted by Crippen LogP contribution is 2.23. The molecule has 1 aromatic carbocycles. The Kier molecular flexibility index (Phi) is 8.09. The van der Waals surface area contributed by atoms with Gasteiger partial charge in [0.05, 0.1) is 22.8 Å². The van der Waals surface area contributed by atoms with Crippen molar-refractivity contribution in [3.05, 3.63) is 29.8 Å². The molecular formula is C19H26N2O6S2. The lowest BCUT2D eigenvalue weighted by Crippen LogP contribution is -2.40. The first kappa shape index (κ1) is 23.2. The van der Waals surface area contributed by atoms with Gasteiger partial charge in [0, 0.05) is 24.0 Å². The maximum absolute atomic E-state index is 12.4. The Balaban J connectivity index is 1.92. The Hall–Kier alpha value is -2.07. The van der Waals surface area contributed by atoms with Crippen molar-refractivity contribution in [2.24, 2.45) is 0 Å². The van der Waals surface area contributed by atoms with Crippen LogP contribution in [0.1, 0.15) is 30.6 Å². The zero-order valence-electron chi connectivity index (χ0n) is 16.7. The Morgan fingerprint density at radius 2 is 1.97 bits per heavy atom. The number of ether oxygens (including phenoxy) is 1. The first-order valence-electron chi connectivity index (χ1n) is 9.23. The van der Waals surface area contributed by atoms with Crippen LogP contribution in [0.3, 0.4) is 0 Å². The number of amides is 2. The number of benzene rings is 1. The van der Waals surface area contributed by atoms with Crippen LogP contribution in [0, 0.1) is 0 Å². The lowest BCUT2D eigenvalue weighted by atomic mass is 10.2. The van der Waals surface area contributed by atoms with E-state index in [0.29, 0.717) is 11.3 Å². The smallest absolute Gasteiger partial charge is 0.339 e. The van der Waals surface area contributed by atoms with E-state index in [4.69, 9.17) is 4.74 Å². The molecule has 1 unspecified atom stereocenters. The molecule has 0 spiro atoms. The number of rotatable bonds is 8. The Bertz CT molecular complexity index is 869. The molecule has 1 atom stereocenters. The lowest BCUT2D eigenvalue weighted by Gasteiger charge is -2.23. The molecule has 29 heavy (non-hydrogen) atoms. The third kappa shape index (κ3) is 7.04. The van der Waals surface area contributed by atoms with Crippen molar-refractivity contribution in [1.82, 2.24) is 10.2 Å². The summed E-state index contributed by atoms with van der Waals surface area (Å²) in [6.45, 7) is 3.25. The van der Waals surface area contributed by atoms with Crippen LogP contribution < -0.4 is 5.32 Å². The summed E-state index contributed by atoms with van der Waals surface area (Å²) < 4.78 is 28.3. The normalized spacial score (nSPS) is 17.7. The zero-order valence-corrected chi connectivity index (χ0v) is 18.3. The molecule has 1 N–H and O–H groups in total. The number of thioether (sulfide) groups is 1. The minimum absolute atomic E-state index is 0.0289. The molecule has 1 aromatic rings. The van der Waals surface area contributed by atoms with E-state index in [9.17, 15) is 22.8 Å². The van der Waals surface area contributed by atoms with Crippen LogP contribution in [0.15, 0.2) is 29.2 Å². The molecule has 1 fully saturated rings. The standard InChI is InChI=1S/C19H26N2O6S2/c1-13(2)20-17(22)11-28-16-7-5-4-6-15(16)19(24)27-10-18(23)21(3)14-8-9-29(25,26)12-14/h4-7,13-14H,8-12H2,1-3H3,(H,20,22). The molecule has 1 heterocycles. The second kappa shape index (κ2) is 10.1. The van der Waals surface area contributed by atoms with Crippen LogP contribution in [0.5, 0.6) is 0 Å². The molecule has 0 aromatic heterocycles. The summed E-state index contributed by atoms with van der Waals surface area (Å²) in [5.74, 6) is -1.12. The zero-order chi connectivity index (χ0) is 21.6. The SMILES string of the molecule is CC(C)NC(=O)CSc1ccccc1C(=O)OCC(=O)N(C)C1CCS(=O)(=O)C1. The van der Waals surface area contributed by atoms with Gasteiger partial charge in [-0.05, 0) is 32.4 Å². The number of esters is 1. The monoisotopic (exact) mass is 442 g/mol. The van der Waals surface area contributed by atoms with E-state index >= 15 is 0 Å². The Morgan fingerprint density at radius 3 is 2.59 bits per heavy atom. The highest BCUT2D eigenvalue weighted by atomic mass is 32.2. The lowest BCUT2D eigenvalue weighted by molar-refractivity contribution is -0.134. The molecule has 0 radical (unpaired) electrons. The van der Waals surface area contributed by atoms with E-state index in [1.807, 2.05) is 13.8 Å². The van der Waals surface area contributed by atoms with Crippen LogP contribution in [-0.4, -0.2) is 74.1 Å². The summed E-state index contributed by atoms with van der Waals surface area (Å²) >= 11 is 1.21. The highest BCUT2D eigenvalue weighted by molar-refractivity contribution is 8.00. The number of sulfone groups is 1. The maximum Gasteiger partial charge on any atom is 0.339 e. The molecular weight excluding hydrogens is 416 g/mol. The van der Waals surface area contributed by atoms with Crippen LogP contribution in [0.4, 0.5) is 0 Å². The molecule has 1 saturated heterocycles. The van der Waals surface area contributed by atoms with Crippen molar-refractivity contribution >= 4 is 39.4 Å². The van der Waals surface area contributed by atoms with Gasteiger partial charge < -0.3 is 15.0 Å². The van der Waals surface area contributed by atoms with Gasteiger partial charge in [-0.15, -0.1) is 11.8 Å². The van der Waals surface area contributed by atoms with Crippen molar-refractivity contribution in [3.63, 3.8) is 0 Å². The van der Waals surface area contributed by atoms with Crippen LogP contribution >= 0.6 is 11.8 Å². The molecule has 0 aliphatic carbocycles. The summed E-state index contributed by atoms with van der Waals surface area (Å²) in [6.07, 6.45) is 0.385. The predicted octanol–water partition coefficient (Wildman–Crippen LogP) is 1.11. The van der Waals surface area contributed by atoms with Crippen molar-refractivity contribution in [1.29, 1.82) is 0 Å². The number of carbonyl (C=O) groups is 3. The summed E-state index contributed by atoms with van der Waals surface area (Å²) in [5, 5.41) is 2.78. The fraction of sp³-hybridized carbons (Fsp3) is 0.526. The molecule has 1 aliphatic rings. The topological polar surface area (TPSA) is 110 Å². The van der Waals surface area contributed by atoms with E-state index < -0.39 is 34.4 Å². The van der Waals surface area contributed by atoms with Crippen molar-refractivity contribution < 1.29 is 27.5 Å². The Labute approximate surface area is 175 Å². The summed E-state index contributed by atoms with van der Waals surface area (Å²) in [6, 6.07) is 6.34. The summed E-state index contributed by atoms with van der Waals surface area (Å²) in [7, 11) is -1.60. The van der Waals surface area contributed by atoms with E-state index in [2.05, 4.69) is 5.32 Å². The van der Waals surface area contributed by atoms with Gasteiger partial charge in [0.15, 0.2) is 16.4 Å². The average Bonchev–Trinajstić information content (AvgIpc) is 3.03. The predicted molar refractivity (Wildman–Crippen MR) is 111 cm³/mol. The molecule has 2 rings (SSSR count). The number of hydrogen-bond donors (Lipinski definition) is 1. The molecule has 8 nitrogen and oxygen atoms in total. The van der Waals surface area contributed by atoms with Gasteiger partial charge in [0.25, 0.3) is 5.91 Å². The van der Waals surface area contributed by atoms with Crippen LogP contribution in [0.25, 0.3) is 0 Å². The van der Waals surface area contributed by atoms with E-state index in [1.54, 1.807) is 24.3 Å². The van der Waals surface area contributed by atoms with Crippen molar-refractivity contribution in [2.45, 2.75) is 37.2 Å². The second-order valence-electron chi connectivity index (χ2n) is 7.14. The number of carbonyl (C=O) groups excluding carboxylic acids is 3. The van der Waals surface area contributed by atoms with Crippen molar-refractivity contribution in [2.75, 3.05) is 30.9 Å². The molecule has 1 aliphatic heterocycles. The van der Waals surface area contributed by atoms with Crippen molar-refractivity contribution in [3.8, 4) is 0 Å². The molecule has 2 amide bonds. The van der Waals surface area contributed by atoms with E-state index in [1.165, 1.54) is 23.7 Å². The Morgan fingerprint density at radius 1 is 1.28 bits per heavy atom. The fourth-order valence-electron chi connectivity index (χ4n) is 2.86. The third-order valence-electron chi connectivity index (χ3n) is 4.39. The minimum atomic E-state index is -3.11. The first-order valence-corrected chi connectivity index (χ1v) is 12.0. The largest absolute Gasteiger partial charge is 0.452 e. The van der Waals surface area contributed by atoms with Gasteiger partial charge in [0.2, 0.25) is 5.91 Å². The van der Waals surface area contributed by atoms with Gasteiger partial charge in [-0.2, -0.15) is 0 Å². The highest BCUT2D eigenvalue weighted by Gasteiger charge is 2.33. The molecule has 0 bridgehead atoms. The van der Waals surface area contributed by atoms with Gasteiger partial charge in [-0.1, -0.05) is 12.1 Å². The number of nitrogens with zero attached hydrogens (tertiary/aromatic N) is 1. The quantitative estimate of drug-likeness (QED) is 0.474. The van der Waals surface area contributed by atoms with E-state index in [0.717, 1.165) is 0 Å². The molecule has 0 saturated carbocycles. The third-order valence-corrected chi connectivity index (χ3v) is 7.22. The van der Waals surface area contributed by atoms with E-state index in [-0.39, 0.29) is 34.8 Å². The summed E-state index contributed by atoms with van der Waals surface area (Å²) in [4.78, 5) is 38.5. The number of nitrogens with one attached hydrogen (secondary N) is 1. The second-order valence-corrected chi connectivity index (χ2v) is 10.4. The van der Waals surface area contributed by atoms with Crippen LogP contribution in [-0.2, 0) is 24.2 Å². The molecule has 10 heteroatoms. The van der Waals surface area contributed by atoms with Crippen LogP contribution in [0.2, 0.25) is 0 Å². The first-order chi connectivity index (χ1) is 13.6. The minimum Gasteiger partial charge on any atom is -0.452 e. The van der Waals surface area contributed by atoms with Gasteiger partial charge in [-0.3, -0.25) is 9.59 Å². The number of likely N-dealkylation sites (N-methyl/N-ethyl adjacent to an activating group) is 1. The summed E-state index contributed by atoms with van der Waals surface area (Å²) in [5.41, 5.74) is 0.272. The molecule has 160 valence electrons. The fourth-order valence-corrected chi connectivity index (χ4v) is 5.49. The van der Waals surface area contributed by atoms with Gasteiger partial charge >= 0.3 is 5.97 Å². The van der Waals surface area contributed by atoms with Gasteiger partial charge in [0.1, 0.15) is 0 Å². The van der Waals surface area contributed by atoms with Gasteiger partial charge in [-0.25, -0.2) is 13.2 Å². The maximum atomic E-state index is 12.4. The average molecular weight is 443 g/mol.